The van der Waals surface area contributed by atoms with Gasteiger partial charge in [-0.15, -0.1) is 0 Å². The zero-order chi connectivity index (χ0) is 13.0. The lowest BCUT2D eigenvalue weighted by atomic mass is 10.1. The van der Waals surface area contributed by atoms with Gasteiger partial charge in [0.05, 0.1) is 6.04 Å². The molecule has 1 aliphatic rings. The third-order valence-corrected chi connectivity index (χ3v) is 3.51. The predicted octanol–water partition coefficient (Wildman–Crippen LogP) is 0.966. The van der Waals surface area contributed by atoms with Crippen molar-refractivity contribution in [3.8, 4) is 0 Å². The Bertz CT molecular complexity index is 387. The summed E-state index contributed by atoms with van der Waals surface area (Å²) in [4.78, 5) is 24.6. The highest BCUT2D eigenvalue weighted by molar-refractivity contribution is 5.83. The third kappa shape index (κ3) is 2.85. The third-order valence-electron chi connectivity index (χ3n) is 3.51. The van der Waals surface area contributed by atoms with Gasteiger partial charge in [-0.3, -0.25) is 9.69 Å². The van der Waals surface area contributed by atoms with Gasteiger partial charge in [0, 0.05) is 45.0 Å². The van der Waals surface area contributed by atoms with Crippen LogP contribution < -0.4 is 4.90 Å². The van der Waals surface area contributed by atoms with Gasteiger partial charge >= 0.3 is 0 Å². The topological polar surface area (TPSA) is 49.3 Å². The van der Waals surface area contributed by atoms with Crippen LogP contribution in [0.1, 0.15) is 20.3 Å². The van der Waals surface area contributed by atoms with Gasteiger partial charge in [0.2, 0.25) is 5.95 Å². The second-order valence-corrected chi connectivity index (χ2v) is 4.57. The minimum absolute atomic E-state index is 0.0360. The van der Waals surface area contributed by atoms with Crippen molar-refractivity contribution in [2.75, 3.05) is 31.1 Å². The van der Waals surface area contributed by atoms with Crippen molar-refractivity contribution >= 4 is 11.7 Å². The number of Topliss-reactive ketones (excluding diaryl/α,β-unsaturated/α-hetero) is 1. The molecule has 5 heteroatoms. The van der Waals surface area contributed by atoms with E-state index < -0.39 is 0 Å². The van der Waals surface area contributed by atoms with Gasteiger partial charge in [0.15, 0.2) is 0 Å². The average molecular weight is 248 g/mol. The van der Waals surface area contributed by atoms with E-state index in [4.69, 9.17) is 0 Å². The number of anilines is 1. The number of piperazine rings is 1. The molecule has 0 radical (unpaired) electrons. The molecule has 2 rings (SSSR count). The fourth-order valence-corrected chi connectivity index (χ4v) is 2.26. The predicted molar refractivity (Wildman–Crippen MR) is 70.6 cm³/mol. The zero-order valence-corrected chi connectivity index (χ0v) is 11.0. The number of hydrogen-bond acceptors (Lipinski definition) is 5. The molecule has 0 bridgehead atoms. The van der Waals surface area contributed by atoms with Gasteiger partial charge in [-0.2, -0.15) is 0 Å². The molecule has 1 unspecified atom stereocenters. The van der Waals surface area contributed by atoms with Crippen LogP contribution in [0, 0.1) is 0 Å². The summed E-state index contributed by atoms with van der Waals surface area (Å²) < 4.78 is 0. The molecule has 1 atom stereocenters. The lowest BCUT2D eigenvalue weighted by Crippen LogP contribution is -2.52. The Labute approximate surface area is 108 Å². The first-order chi connectivity index (χ1) is 8.72. The van der Waals surface area contributed by atoms with Crippen molar-refractivity contribution < 1.29 is 4.79 Å². The monoisotopic (exact) mass is 248 g/mol. The minimum atomic E-state index is 0.0360. The summed E-state index contributed by atoms with van der Waals surface area (Å²) in [6, 6.07) is 1.86. The maximum absolute atomic E-state index is 11.7. The van der Waals surface area contributed by atoms with Gasteiger partial charge < -0.3 is 4.90 Å². The molecule has 1 aromatic heterocycles. The van der Waals surface area contributed by atoms with E-state index in [9.17, 15) is 4.79 Å². The van der Waals surface area contributed by atoms with Gasteiger partial charge in [-0.05, 0) is 13.0 Å². The molecule has 1 aliphatic heterocycles. The van der Waals surface area contributed by atoms with Gasteiger partial charge in [-0.1, -0.05) is 6.92 Å². The first kappa shape index (κ1) is 13.0. The number of nitrogens with zero attached hydrogens (tertiary/aromatic N) is 4. The van der Waals surface area contributed by atoms with E-state index in [1.54, 1.807) is 12.4 Å². The second-order valence-electron chi connectivity index (χ2n) is 4.57. The van der Waals surface area contributed by atoms with Gasteiger partial charge in [0.1, 0.15) is 5.78 Å². The summed E-state index contributed by atoms with van der Waals surface area (Å²) in [6.45, 7) is 7.47. The molecule has 0 spiro atoms. The van der Waals surface area contributed by atoms with Crippen molar-refractivity contribution in [2.45, 2.75) is 26.3 Å². The Kier molecular flexibility index (Phi) is 4.25. The largest absolute Gasteiger partial charge is 0.338 e. The molecule has 1 fully saturated rings. The SMILES string of the molecule is CCC(=O)C(C)N1CCN(c2ncccn2)CC1. The van der Waals surface area contributed by atoms with E-state index >= 15 is 0 Å². The number of carbonyl (C=O) groups is 1. The fraction of sp³-hybridized carbons (Fsp3) is 0.615. The van der Waals surface area contributed by atoms with E-state index in [0.29, 0.717) is 12.2 Å². The molecule has 0 N–H and O–H groups in total. The Morgan fingerprint density at radius 3 is 2.44 bits per heavy atom. The molecule has 18 heavy (non-hydrogen) atoms. The molecule has 2 heterocycles. The Morgan fingerprint density at radius 1 is 1.28 bits per heavy atom. The summed E-state index contributed by atoms with van der Waals surface area (Å²) in [5.74, 6) is 1.10. The van der Waals surface area contributed by atoms with Crippen LogP contribution in [0.25, 0.3) is 0 Å². The highest BCUT2D eigenvalue weighted by atomic mass is 16.1. The zero-order valence-electron chi connectivity index (χ0n) is 11.0. The molecule has 0 aliphatic carbocycles. The van der Waals surface area contributed by atoms with Crippen LogP contribution in [-0.2, 0) is 4.79 Å². The molecule has 98 valence electrons. The summed E-state index contributed by atoms with van der Waals surface area (Å²) in [5.41, 5.74) is 0. The average Bonchev–Trinajstić information content (AvgIpc) is 2.47. The molecular formula is C13H20N4O. The standard InChI is InChI=1S/C13H20N4O/c1-3-12(18)11(2)16-7-9-17(10-8-16)13-14-5-4-6-15-13/h4-6,11H,3,7-10H2,1-2H3. The molecule has 0 saturated carbocycles. The number of aromatic nitrogens is 2. The number of carbonyl (C=O) groups excluding carboxylic acids is 1. The van der Waals surface area contributed by atoms with Crippen LogP contribution in [0.2, 0.25) is 0 Å². The lowest BCUT2D eigenvalue weighted by molar-refractivity contribution is -0.123. The number of hydrogen-bond donors (Lipinski definition) is 0. The fourth-order valence-electron chi connectivity index (χ4n) is 2.26. The van der Waals surface area contributed by atoms with Gasteiger partial charge in [-0.25, -0.2) is 9.97 Å². The second kappa shape index (κ2) is 5.91. The van der Waals surface area contributed by atoms with Crippen LogP contribution in [0.15, 0.2) is 18.5 Å². The Hall–Kier alpha value is -1.49. The molecule has 0 amide bonds. The van der Waals surface area contributed by atoms with Crippen LogP contribution in [-0.4, -0.2) is 52.9 Å². The van der Waals surface area contributed by atoms with Crippen molar-refractivity contribution in [2.24, 2.45) is 0 Å². The van der Waals surface area contributed by atoms with Crippen LogP contribution in [0.3, 0.4) is 0 Å². The van der Waals surface area contributed by atoms with E-state index in [-0.39, 0.29) is 6.04 Å². The Balaban J connectivity index is 1.90. The van der Waals surface area contributed by atoms with Crippen LogP contribution in [0.4, 0.5) is 5.95 Å². The van der Waals surface area contributed by atoms with E-state index in [0.717, 1.165) is 32.1 Å². The van der Waals surface area contributed by atoms with Crippen molar-refractivity contribution in [1.82, 2.24) is 14.9 Å². The smallest absolute Gasteiger partial charge is 0.225 e. The van der Waals surface area contributed by atoms with E-state index in [1.165, 1.54) is 0 Å². The molecule has 1 saturated heterocycles. The normalized spacial score (nSPS) is 18.7. The maximum atomic E-state index is 11.7. The molecule has 0 aromatic carbocycles. The molecular weight excluding hydrogens is 228 g/mol. The van der Waals surface area contributed by atoms with Crippen LogP contribution in [0.5, 0.6) is 0 Å². The first-order valence-corrected chi connectivity index (χ1v) is 6.51. The van der Waals surface area contributed by atoms with E-state index in [1.807, 2.05) is 19.9 Å². The van der Waals surface area contributed by atoms with Crippen molar-refractivity contribution in [3.63, 3.8) is 0 Å². The summed E-state index contributed by atoms with van der Waals surface area (Å²) >= 11 is 0. The lowest BCUT2D eigenvalue weighted by Gasteiger charge is -2.37. The number of rotatable bonds is 4. The number of ketones is 1. The van der Waals surface area contributed by atoms with Crippen molar-refractivity contribution in [1.29, 1.82) is 0 Å². The first-order valence-electron chi connectivity index (χ1n) is 6.51. The maximum Gasteiger partial charge on any atom is 0.225 e. The highest BCUT2D eigenvalue weighted by Gasteiger charge is 2.25. The van der Waals surface area contributed by atoms with Gasteiger partial charge in [0.25, 0.3) is 0 Å². The quantitative estimate of drug-likeness (QED) is 0.794. The molecule has 1 aromatic rings. The summed E-state index contributed by atoms with van der Waals surface area (Å²) in [5, 5.41) is 0. The van der Waals surface area contributed by atoms with Crippen molar-refractivity contribution in [3.05, 3.63) is 18.5 Å². The minimum Gasteiger partial charge on any atom is -0.338 e. The highest BCUT2D eigenvalue weighted by Crippen LogP contribution is 2.12. The molecule has 5 nitrogen and oxygen atoms in total. The van der Waals surface area contributed by atoms with E-state index in [2.05, 4.69) is 19.8 Å². The van der Waals surface area contributed by atoms with Crippen LogP contribution >= 0.6 is 0 Å². The summed E-state index contributed by atoms with van der Waals surface area (Å²) in [7, 11) is 0. The summed E-state index contributed by atoms with van der Waals surface area (Å²) in [6.07, 6.45) is 4.14. The Morgan fingerprint density at radius 2 is 1.89 bits per heavy atom.